The number of likely N-dealkylation sites (tertiary alicyclic amines) is 1. The van der Waals surface area contributed by atoms with Crippen LogP contribution in [0.4, 0.5) is 4.39 Å². The van der Waals surface area contributed by atoms with Gasteiger partial charge >= 0.3 is 0 Å². The molecule has 1 aromatic carbocycles. The number of fused-ring (bicyclic) bond motifs is 1. The van der Waals surface area contributed by atoms with Crippen LogP contribution in [0.5, 0.6) is 0 Å². The van der Waals surface area contributed by atoms with E-state index in [1.54, 1.807) is 17.9 Å². The number of aromatic amines is 1. The zero-order valence-electron chi connectivity index (χ0n) is 17.3. The molecule has 1 amide bonds. The normalized spacial score (nSPS) is 19.8. The van der Waals surface area contributed by atoms with E-state index in [-0.39, 0.29) is 30.0 Å². The van der Waals surface area contributed by atoms with Crippen LogP contribution in [0.15, 0.2) is 29.1 Å². The van der Waals surface area contributed by atoms with E-state index in [1.165, 1.54) is 22.5 Å². The van der Waals surface area contributed by atoms with Gasteiger partial charge in [-0.1, -0.05) is 12.1 Å². The van der Waals surface area contributed by atoms with Crippen molar-refractivity contribution in [3.63, 3.8) is 0 Å². The molecule has 2 aliphatic rings. The molecular formula is C21H25FN4O4S. The van der Waals surface area contributed by atoms with E-state index in [0.29, 0.717) is 36.5 Å². The Labute approximate surface area is 180 Å². The highest BCUT2D eigenvalue weighted by Crippen LogP contribution is 2.31. The van der Waals surface area contributed by atoms with Gasteiger partial charge in [-0.2, -0.15) is 4.31 Å². The number of hydrogen-bond acceptors (Lipinski definition) is 5. The Kier molecular flexibility index (Phi) is 5.94. The molecule has 0 radical (unpaired) electrons. The predicted octanol–water partition coefficient (Wildman–Crippen LogP) is 1.98. The zero-order chi connectivity index (χ0) is 22.2. The zero-order valence-corrected chi connectivity index (χ0v) is 18.1. The highest BCUT2D eigenvalue weighted by molar-refractivity contribution is 7.89. The predicted molar refractivity (Wildman–Crippen MR) is 112 cm³/mol. The molecule has 1 unspecified atom stereocenters. The molecule has 1 fully saturated rings. The number of sulfonamides is 1. The van der Waals surface area contributed by atoms with E-state index in [1.807, 2.05) is 0 Å². The summed E-state index contributed by atoms with van der Waals surface area (Å²) in [6, 6.07) is 5.32. The number of carbonyl (C=O) groups is 1. The first-order valence-electron chi connectivity index (χ1n) is 10.5. The molecule has 31 heavy (non-hydrogen) atoms. The minimum absolute atomic E-state index is 0.0186. The van der Waals surface area contributed by atoms with Crippen LogP contribution in [0.1, 0.15) is 59.7 Å². The number of H-pyrrole nitrogens is 1. The first-order valence-corrected chi connectivity index (χ1v) is 12.1. The second kappa shape index (κ2) is 8.51. The third-order valence-corrected chi connectivity index (χ3v) is 7.83. The fourth-order valence-corrected chi connectivity index (χ4v) is 5.31. The Hall–Kier alpha value is -2.59. The summed E-state index contributed by atoms with van der Waals surface area (Å²) in [6.07, 6.45) is 2.48. The minimum atomic E-state index is -3.40. The summed E-state index contributed by atoms with van der Waals surface area (Å²) in [6.45, 7) is 2.29. The second-order valence-corrected chi connectivity index (χ2v) is 10.1. The number of carbonyl (C=O) groups excluding carboxylic acids is 1. The van der Waals surface area contributed by atoms with Crippen molar-refractivity contribution in [3.05, 3.63) is 63.1 Å². The van der Waals surface area contributed by atoms with Gasteiger partial charge in [0.15, 0.2) is 0 Å². The summed E-state index contributed by atoms with van der Waals surface area (Å²) >= 11 is 0. The largest absolute Gasteiger partial charge is 0.328 e. The molecule has 4 rings (SSSR count). The molecule has 0 aliphatic carbocycles. The maximum Gasteiger partial charge on any atom is 0.257 e. The van der Waals surface area contributed by atoms with Gasteiger partial charge in [0, 0.05) is 18.7 Å². The van der Waals surface area contributed by atoms with Gasteiger partial charge in [0.2, 0.25) is 10.0 Å². The number of benzene rings is 1. The van der Waals surface area contributed by atoms with Crippen molar-refractivity contribution in [2.75, 3.05) is 18.8 Å². The quantitative estimate of drug-likeness (QED) is 0.770. The number of nitrogens with zero attached hydrogens (tertiary/aromatic N) is 3. The molecule has 0 saturated carbocycles. The van der Waals surface area contributed by atoms with E-state index >= 15 is 0 Å². The minimum Gasteiger partial charge on any atom is -0.328 e. The lowest BCUT2D eigenvalue weighted by atomic mass is 9.99. The Morgan fingerprint density at radius 1 is 1.26 bits per heavy atom. The van der Waals surface area contributed by atoms with Gasteiger partial charge in [-0.25, -0.2) is 17.8 Å². The van der Waals surface area contributed by atoms with Crippen molar-refractivity contribution in [1.29, 1.82) is 0 Å². The average molecular weight is 449 g/mol. The van der Waals surface area contributed by atoms with E-state index in [0.717, 1.165) is 12.8 Å². The third-order valence-electron chi connectivity index (χ3n) is 6.00. The SMILES string of the molecule is CCS(=O)(=O)N1CCc2c(nc(C3CCCCN3C(=O)c3ccccc3F)[nH]c2=O)C1. The van der Waals surface area contributed by atoms with Gasteiger partial charge in [-0.15, -0.1) is 0 Å². The molecule has 1 saturated heterocycles. The van der Waals surface area contributed by atoms with Crippen molar-refractivity contribution < 1.29 is 17.6 Å². The lowest BCUT2D eigenvalue weighted by Gasteiger charge is -2.36. The van der Waals surface area contributed by atoms with Crippen LogP contribution >= 0.6 is 0 Å². The molecule has 1 N–H and O–H groups in total. The molecule has 3 heterocycles. The monoisotopic (exact) mass is 448 g/mol. The summed E-state index contributed by atoms with van der Waals surface area (Å²) in [5.74, 6) is -0.738. The molecule has 8 nitrogen and oxygen atoms in total. The summed E-state index contributed by atoms with van der Waals surface area (Å²) < 4.78 is 40.1. The van der Waals surface area contributed by atoms with Gasteiger partial charge in [0.25, 0.3) is 11.5 Å². The van der Waals surface area contributed by atoms with Crippen molar-refractivity contribution >= 4 is 15.9 Å². The molecule has 0 spiro atoms. The van der Waals surface area contributed by atoms with Crippen LogP contribution in [0.3, 0.4) is 0 Å². The van der Waals surface area contributed by atoms with Crippen molar-refractivity contribution in [1.82, 2.24) is 19.2 Å². The van der Waals surface area contributed by atoms with Gasteiger partial charge in [-0.05, 0) is 44.7 Å². The van der Waals surface area contributed by atoms with Crippen molar-refractivity contribution in [3.8, 4) is 0 Å². The second-order valence-electron chi connectivity index (χ2n) is 7.85. The molecule has 1 aromatic heterocycles. The first-order chi connectivity index (χ1) is 14.8. The van der Waals surface area contributed by atoms with Crippen LogP contribution in [-0.4, -0.2) is 52.3 Å². The van der Waals surface area contributed by atoms with Crippen LogP contribution in [0.25, 0.3) is 0 Å². The molecule has 2 aromatic rings. The lowest BCUT2D eigenvalue weighted by molar-refractivity contribution is 0.0594. The fourth-order valence-electron chi connectivity index (χ4n) is 4.26. The number of hydrogen-bond donors (Lipinski definition) is 1. The number of piperidine rings is 1. The van der Waals surface area contributed by atoms with Crippen molar-refractivity contribution in [2.24, 2.45) is 0 Å². The van der Waals surface area contributed by atoms with Gasteiger partial charge in [0.1, 0.15) is 11.6 Å². The summed E-state index contributed by atoms with van der Waals surface area (Å²) in [5.41, 5.74) is 0.576. The molecule has 0 bridgehead atoms. The number of halogens is 1. The highest BCUT2D eigenvalue weighted by atomic mass is 32.2. The number of nitrogens with one attached hydrogen (secondary N) is 1. The fraction of sp³-hybridized carbons (Fsp3) is 0.476. The number of aromatic nitrogens is 2. The molecule has 1 atom stereocenters. The standard InChI is InChI=1S/C21H25FN4O4S/c1-2-31(29,30)25-12-10-15-17(13-25)23-19(24-20(15)27)18-9-5-6-11-26(18)21(28)14-7-3-4-8-16(14)22/h3-4,7-8,18H,2,5-6,9-13H2,1H3,(H,23,24,27). The van der Waals surface area contributed by atoms with E-state index in [2.05, 4.69) is 9.97 Å². The summed E-state index contributed by atoms with van der Waals surface area (Å²) in [5, 5.41) is 0. The van der Waals surface area contributed by atoms with Crippen LogP contribution < -0.4 is 5.56 Å². The topological polar surface area (TPSA) is 103 Å². The molecular weight excluding hydrogens is 423 g/mol. The Morgan fingerprint density at radius 2 is 2.03 bits per heavy atom. The number of amides is 1. The Bertz CT molecular complexity index is 1160. The summed E-state index contributed by atoms with van der Waals surface area (Å²) in [7, 11) is -3.40. The molecule has 166 valence electrons. The average Bonchev–Trinajstić information content (AvgIpc) is 2.78. The first kappa shape index (κ1) is 21.6. The van der Waals surface area contributed by atoms with E-state index < -0.39 is 27.8 Å². The highest BCUT2D eigenvalue weighted by Gasteiger charge is 2.34. The van der Waals surface area contributed by atoms with Gasteiger partial charge < -0.3 is 9.88 Å². The third kappa shape index (κ3) is 4.14. The van der Waals surface area contributed by atoms with Crippen molar-refractivity contribution in [2.45, 2.75) is 45.2 Å². The maximum atomic E-state index is 14.2. The van der Waals surface area contributed by atoms with Gasteiger partial charge in [-0.3, -0.25) is 9.59 Å². The molecule has 2 aliphatic heterocycles. The smallest absolute Gasteiger partial charge is 0.257 e. The Morgan fingerprint density at radius 3 is 2.77 bits per heavy atom. The van der Waals surface area contributed by atoms with Crippen LogP contribution in [0, 0.1) is 5.82 Å². The summed E-state index contributed by atoms with van der Waals surface area (Å²) in [4.78, 5) is 34.8. The Balaban J connectivity index is 1.69. The van der Waals surface area contributed by atoms with E-state index in [4.69, 9.17) is 0 Å². The number of rotatable bonds is 4. The lowest BCUT2D eigenvalue weighted by Crippen LogP contribution is -2.43. The van der Waals surface area contributed by atoms with Crippen LogP contribution in [0.2, 0.25) is 0 Å². The van der Waals surface area contributed by atoms with E-state index in [9.17, 15) is 22.4 Å². The van der Waals surface area contributed by atoms with Gasteiger partial charge in [0.05, 0.1) is 29.6 Å². The maximum absolute atomic E-state index is 14.2. The van der Waals surface area contributed by atoms with Crippen LogP contribution in [-0.2, 0) is 23.0 Å². The molecule has 10 heteroatoms.